The van der Waals surface area contributed by atoms with Crippen LogP contribution in [-0.4, -0.2) is 236 Å². The summed E-state index contributed by atoms with van der Waals surface area (Å²) < 4.78 is 169. The van der Waals surface area contributed by atoms with Crippen molar-refractivity contribution in [2.24, 2.45) is 0 Å². The molecule has 7 aliphatic rings. The van der Waals surface area contributed by atoms with Crippen molar-refractivity contribution < 1.29 is 65.8 Å². The number of aromatic nitrogens is 4. The minimum atomic E-state index is -3.66. The molecule has 40 heteroatoms. The Morgan fingerprint density at radius 3 is 1.06 bits per heavy atom. The van der Waals surface area contributed by atoms with Gasteiger partial charge in [-0.1, -0.05) is 144 Å². The van der Waals surface area contributed by atoms with Crippen LogP contribution >= 0.6 is 57.9 Å². The molecule has 0 bridgehead atoms. The summed E-state index contributed by atoms with van der Waals surface area (Å²) in [7, 11) is -18.0. The maximum Gasteiger partial charge on any atom is 0.273 e. The number of morpholine rings is 4. The Hall–Kier alpha value is -10.0. The molecule has 7 fully saturated rings. The van der Waals surface area contributed by atoms with E-state index in [9.17, 15) is 66.1 Å². The number of hydrogen-bond donors (Lipinski definition) is 0. The molecule has 726 valence electrons. The van der Waals surface area contributed by atoms with E-state index in [4.69, 9.17) is 18.9 Å². The predicted molar refractivity (Wildman–Crippen MR) is 546 cm³/mol. The maximum atomic E-state index is 13.3. The lowest BCUT2D eigenvalue weighted by atomic mass is 10.0. The van der Waals surface area contributed by atoms with Gasteiger partial charge in [0, 0.05) is 109 Å². The number of Topliss-reactive ketones (excluding diaryl/α,β-unsaturated/α-hetero) is 1. The first-order valence-electron chi connectivity index (χ1n) is 45.7. The molecule has 21 rings (SSSR count). The Bertz CT molecular complexity index is 7660. The Morgan fingerprint density at radius 1 is 0.312 bits per heavy atom. The van der Waals surface area contributed by atoms with Crippen molar-refractivity contribution in [3.05, 3.63) is 283 Å². The monoisotopic (exact) mass is 2060 g/mol. The first-order valence-corrected chi connectivity index (χ1v) is 57.2. The van der Waals surface area contributed by atoms with Crippen molar-refractivity contribution in [1.29, 1.82) is 0 Å². The van der Waals surface area contributed by atoms with Gasteiger partial charge < -0.3 is 28.7 Å². The summed E-state index contributed by atoms with van der Waals surface area (Å²) in [6.07, 6.45) is 10.6. The summed E-state index contributed by atoms with van der Waals surface area (Å²) >= 11 is 6.87. The molecule has 7 aliphatic heterocycles. The highest BCUT2D eigenvalue weighted by Crippen LogP contribution is 2.38. The molecular formula is C98H105N11O19S10. The van der Waals surface area contributed by atoms with Gasteiger partial charge in [-0.15, -0.1) is 11.8 Å². The van der Waals surface area contributed by atoms with Crippen LogP contribution in [0, 0.1) is 6.92 Å². The van der Waals surface area contributed by atoms with Crippen molar-refractivity contribution in [3.8, 4) is 22.7 Å². The fourth-order valence-corrected chi connectivity index (χ4v) is 29.7. The van der Waals surface area contributed by atoms with Gasteiger partial charge >= 0.3 is 0 Å². The van der Waals surface area contributed by atoms with Gasteiger partial charge in [0.25, 0.3) is 22.2 Å². The van der Waals surface area contributed by atoms with E-state index in [0.29, 0.717) is 174 Å². The fraction of sp³-hybridized carbons (Fsp3) is 0.337. The Morgan fingerprint density at radius 2 is 0.645 bits per heavy atom. The standard InChI is InChI=1S/C22H25N3O4S2.C21H23N3O4S2.C20H23NO3S2.C18H18N2O4S2.C17H16N2O4S2/c26-22-18-6-2-3-7-21(18)30-25(22)20-16-17(31(27,28)24-12-14-29-15-13-24)8-9-19(20)23-10-4-1-5-11-23;25-21-17-5-1-2-6-20(17)29-24(21)19-15-16(7-8-18(19)22-9-3-4-10-22)30(26,27)23-11-13-28-14-12-23;1-25-20-11-4-3-10-18(20)19(22)15-16-8-7-9-17(14-16)26(23,24)21-12-5-2-6-13-21;1-13-6-7-14(20-18(21)15-4-2-3-5-16(15)25-20)12-17(13)26(22,23)19-8-10-24-11-9-19;20-17-15-6-1-2-7-16(15)24-19(17)13-4-3-5-14(12-13)25(21,22)18-8-10-23-11-9-18/h2-3,6-9,16H,1,4-5,10-15H2;1-2,5-8,15H,3-4,9-14H2;3-4,7-11,14H,2,5-6,12-13,15H2,1H3;2-7,12H,8-11H2,1H3;1-7,12H,8-11H2. The van der Waals surface area contributed by atoms with Crippen LogP contribution in [0.4, 0.5) is 11.4 Å². The molecule has 0 radical (unpaired) electrons. The summed E-state index contributed by atoms with van der Waals surface area (Å²) in [6, 6.07) is 66.1. The fourth-order valence-electron chi connectivity index (χ4n) is 17.5. The topological polar surface area (TPSA) is 335 Å². The molecule has 10 aromatic carbocycles. The van der Waals surface area contributed by atoms with E-state index in [0.717, 1.165) is 112 Å². The maximum absolute atomic E-state index is 13.3. The number of piperidine rings is 2. The van der Waals surface area contributed by atoms with Gasteiger partial charge in [0.15, 0.2) is 5.78 Å². The molecule has 7 saturated heterocycles. The number of carbonyl (C=O) groups excluding carboxylic acids is 1. The molecule has 0 amide bonds. The molecule has 0 saturated carbocycles. The number of nitrogens with zero attached hydrogens (tertiary/aromatic N) is 11. The van der Waals surface area contributed by atoms with Crippen LogP contribution < -0.4 is 32.0 Å². The third-order valence-corrected chi connectivity index (χ3v) is 39.8. The van der Waals surface area contributed by atoms with Crippen LogP contribution in [0.3, 0.4) is 0 Å². The van der Waals surface area contributed by atoms with E-state index in [1.54, 1.807) is 120 Å². The number of hydrogen-bond acceptors (Lipinski definition) is 26. The van der Waals surface area contributed by atoms with Crippen molar-refractivity contribution in [2.45, 2.75) is 94.1 Å². The second-order valence-electron chi connectivity index (χ2n) is 33.7. The summed E-state index contributed by atoms with van der Waals surface area (Å²) in [6.45, 7) is 12.5. The van der Waals surface area contributed by atoms with Gasteiger partial charge in [0.05, 0.1) is 152 Å². The number of ether oxygens (including phenoxy) is 4. The normalized spacial score (nSPS) is 17.1. The second kappa shape index (κ2) is 44.0. The number of fused-ring (bicyclic) bond motifs is 4. The molecule has 30 nitrogen and oxygen atoms in total. The molecule has 0 unspecified atom stereocenters. The average molecular weight is 2060 g/mol. The number of carbonyl (C=O) groups is 1. The zero-order chi connectivity index (χ0) is 96.5. The minimum absolute atomic E-state index is 0.00229. The SMILES string of the molecule is CSc1ccccc1C(=O)Cc1cccc(S(=O)(=O)N2CCCCC2)c1.Cc1ccc(-n2sc3ccccc3c2=O)cc1S(=O)(=O)N1CCOCC1.O=c1c2ccccc2sn1-c1cc(S(=O)(=O)N2CCOCC2)ccc1N1CCCC1.O=c1c2ccccc2sn1-c1cc(S(=O)(=O)N2CCOCC2)ccc1N1CCCCC1.O=c1c2ccccc2sn1-c1cccc(S(=O)(=O)N2CCOCC2)c1. The molecule has 14 aromatic rings. The number of thioether (sulfide) groups is 1. The third kappa shape index (κ3) is 21.7. The number of ketones is 1. The highest BCUT2D eigenvalue weighted by atomic mass is 32.2. The van der Waals surface area contributed by atoms with Crippen molar-refractivity contribution >= 4 is 166 Å². The van der Waals surface area contributed by atoms with Crippen LogP contribution in [0.25, 0.3) is 63.1 Å². The van der Waals surface area contributed by atoms with E-state index < -0.39 is 50.1 Å². The molecule has 0 N–H and O–H groups in total. The Labute approximate surface area is 821 Å². The van der Waals surface area contributed by atoms with E-state index >= 15 is 0 Å². The summed E-state index contributed by atoms with van der Waals surface area (Å²) in [5, 5.41) is 2.57. The number of rotatable bonds is 20. The van der Waals surface area contributed by atoms with Crippen LogP contribution in [0.1, 0.15) is 72.9 Å². The zero-order valence-corrected chi connectivity index (χ0v) is 84.2. The van der Waals surface area contributed by atoms with Gasteiger partial charge in [0.2, 0.25) is 50.1 Å². The quantitative estimate of drug-likeness (QED) is 0.0505. The third-order valence-electron chi connectivity index (χ3n) is 24.9. The van der Waals surface area contributed by atoms with Gasteiger partial charge in [-0.25, -0.2) is 57.9 Å². The van der Waals surface area contributed by atoms with Crippen LogP contribution in [0.5, 0.6) is 0 Å². The first-order chi connectivity index (χ1) is 66.7. The summed E-state index contributed by atoms with van der Waals surface area (Å²) in [4.78, 5) is 70.9. The summed E-state index contributed by atoms with van der Waals surface area (Å²) in [5.74, 6) is 0.00229. The van der Waals surface area contributed by atoms with E-state index in [1.807, 2.05) is 134 Å². The van der Waals surface area contributed by atoms with Crippen LogP contribution in [0.2, 0.25) is 0 Å². The van der Waals surface area contributed by atoms with Gasteiger partial charge in [-0.05, 0) is 203 Å². The number of aryl methyl sites for hydroxylation is 1. The van der Waals surface area contributed by atoms with Crippen LogP contribution in [0.15, 0.2) is 273 Å². The minimum Gasteiger partial charge on any atom is -0.379 e. The number of benzene rings is 10. The highest BCUT2D eigenvalue weighted by Gasteiger charge is 2.35. The Kier molecular flexibility index (Phi) is 31.7. The van der Waals surface area contributed by atoms with Crippen molar-refractivity contribution in [1.82, 2.24) is 37.4 Å². The second-order valence-corrected chi connectivity index (χ2v) is 48.2. The van der Waals surface area contributed by atoms with E-state index in [-0.39, 0.29) is 58.9 Å². The summed E-state index contributed by atoms with van der Waals surface area (Å²) in [5.41, 5.74) is 5.79. The van der Waals surface area contributed by atoms with Crippen LogP contribution in [-0.2, 0) is 75.5 Å². The largest absolute Gasteiger partial charge is 0.379 e. The number of anilines is 2. The molecule has 0 spiro atoms. The molecule has 138 heavy (non-hydrogen) atoms. The lowest BCUT2D eigenvalue weighted by molar-refractivity contribution is 0.0730. The lowest BCUT2D eigenvalue weighted by Gasteiger charge is -2.31. The van der Waals surface area contributed by atoms with Gasteiger partial charge in [0.1, 0.15) is 0 Å². The Balaban J connectivity index is 0.000000120. The lowest BCUT2D eigenvalue weighted by Crippen LogP contribution is -2.40. The smallest absolute Gasteiger partial charge is 0.273 e. The molecule has 0 aliphatic carbocycles. The predicted octanol–water partition coefficient (Wildman–Crippen LogP) is 14.2. The average Bonchev–Trinajstić information content (AvgIpc) is 1.52. The van der Waals surface area contributed by atoms with E-state index in [2.05, 4.69) is 9.80 Å². The zero-order valence-electron chi connectivity index (χ0n) is 76.0. The van der Waals surface area contributed by atoms with Gasteiger partial charge in [-0.3, -0.25) is 24.0 Å². The molecule has 0 atom stereocenters. The first kappa shape index (κ1) is 99.5. The van der Waals surface area contributed by atoms with E-state index in [1.165, 1.54) is 85.5 Å². The van der Waals surface area contributed by atoms with Gasteiger partial charge in [-0.2, -0.15) is 21.5 Å². The van der Waals surface area contributed by atoms with Crippen molar-refractivity contribution in [3.63, 3.8) is 0 Å². The molecule has 11 heterocycles. The number of sulfonamides is 5. The highest BCUT2D eigenvalue weighted by molar-refractivity contribution is 7.98. The molecule has 4 aromatic heterocycles. The molecular weight excluding hydrogens is 1960 g/mol. The van der Waals surface area contributed by atoms with Crippen molar-refractivity contribution in [2.75, 3.05) is 161 Å².